The molecule has 37 heavy (non-hydrogen) atoms. The van der Waals surface area contributed by atoms with E-state index in [1.165, 1.54) is 46.9 Å². The third kappa shape index (κ3) is 3.82. The highest BCUT2D eigenvalue weighted by molar-refractivity contribution is 6.23. The smallest absolute Gasteiger partial charge is 0.321 e. The summed E-state index contributed by atoms with van der Waals surface area (Å²) in [7, 11) is 0. The van der Waals surface area contributed by atoms with Crippen LogP contribution in [0.2, 0.25) is 0 Å². The van der Waals surface area contributed by atoms with E-state index >= 15 is 0 Å². The molecule has 3 fully saturated rings. The van der Waals surface area contributed by atoms with E-state index in [0.717, 1.165) is 18.9 Å². The first kappa shape index (κ1) is 23.5. The van der Waals surface area contributed by atoms with E-state index in [1.807, 2.05) is 18.2 Å². The number of rotatable bonds is 4. The summed E-state index contributed by atoms with van der Waals surface area (Å²) >= 11 is 0. The van der Waals surface area contributed by atoms with Crippen LogP contribution in [0, 0.1) is 23.7 Å². The maximum Gasteiger partial charge on any atom is 0.418 e. The molecule has 8 heteroatoms. The Morgan fingerprint density at radius 2 is 1.54 bits per heavy atom. The predicted octanol–water partition coefficient (Wildman–Crippen LogP) is 5.89. The Morgan fingerprint density at radius 1 is 0.838 bits per heavy atom. The number of alkyl halides is 3. The zero-order valence-electron chi connectivity index (χ0n) is 19.6. The largest absolute Gasteiger partial charge is 0.418 e. The summed E-state index contributed by atoms with van der Waals surface area (Å²) < 4.78 is 40.0. The van der Waals surface area contributed by atoms with Crippen molar-refractivity contribution in [3.8, 4) is 0 Å². The Kier molecular flexibility index (Phi) is 5.44. The van der Waals surface area contributed by atoms with Gasteiger partial charge in [-0.3, -0.25) is 19.3 Å². The van der Waals surface area contributed by atoms with Crippen LogP contribution in [0.3, 0.4) is 0 Å². The number of fused-ring (bicyclic) bond motifs is 5. The molecule has 1 aliphatic heterocycles. The van der Waals surface area contributed by atoms with Gasteiger partial charge in [-0.2, -0.15) is 13.2 Å². The van der Waals surface area contributed by atoms with E-state index in [4.69, 9.17) is 0 Å². The van der Waals surface area contributed by atoms with Crippen molar-refractivity contribution in [3.63, 3.8) is 0 Å². The van der Waals surface area contributed by atoms with Crippen LogP contribution < -0.4 is 10.2 Å². The van der Waals surface area contributed by atoms with E-state index in [-0.39, 0.29) is 52.4 Å². The Bertz CT molecular complexity index is 1400. The Morgan fingerprint density at radius 3 is 2.30 bits per heavy atom. The number of benzene rings is 3. The van der Waals surface area contributed by atoms with Gasteiger partial charge in [0.1, 0.15) is 0 Å². The average molecular weight is 505 g/mol. The molecule has 2 saturated carbocycles. The molecule has 0 unspecified atom stereocenters. The van der Waals surface area contributed by atoms with Crippen LogP contribution in [0.15, 0.2) is 78.9 Å². The number of para-hydroxylation sites is 1. The van der Waals surface area contributed by atoms with Crippen LogP contribution in [0.1, 0.15) is 40.2 Å². The fraction of sp³-hybridized carbons (Fsp3) is 0.276. The van der Waals surface area contributed by atoms with Gasteiger partial charge in [-0.1, -0.05) is 48.5 Å². The maximum atomic E-state index is 13.6. The van der Waals surface area contributed by atoms with Crippen molar-refractivity contribution in [1.82, 2.24) is 0 Å². The van der Waals surface area contributed by atoms with Crippen LogP contribution in [-0.4, -0.2) is 17.7 Å². The van der Waals surface area contributed by atoms with Gasteiger partial charge in [0.2, 0.25) is 11.8 Å². The molecule has 5 atom stereocenters. The highest BCUT2D eigenvalue weighted by Gasteiger charge is 2.64. The number of imide groups is 1. The first-order valence-corrected chi connectivity index (χ1v) is 12.2. The van der Waals surface area contributed by atoms with Crippen LogP contribution in [0.25, 0.3) is 0 Å². The molecule has 3 aromatic carbocycles. The summed E-state index contributed by atoms with van der Waals surface area (Å²) in [5.74, 6) is -1.59. The molecule has 188 valence electrons. The SMILES string of the molecule is O=C(Nc1ccccc1C(F)(F)F)c1cccc(N2C(=O)[C@@H]3[C@@H]4C[C@@H]([C@H]3C2=O)[C@@H](c2ccccc2)C4)c1. The van der Waals surface area contributed by atoms with Crippen LogP contribution in [0.5, 0.6) is 0 Å². The first-order valence-electron chi connectivity index (χ1n) is 12.2. The standard InChI is InChI=1S/C29H23F3N2O3/c30-29(31,32)22-11-4-5-12-23(22)33-26(35)17-9-6-10-19(13-17)34-27(36)24-18-14-20(16-7-2-1-3-8-16)21(15-18)25(24)28(34)37/h1-13,18,20-21,24-25H,14-15H2,(H,33,35)/t18-,20+,21+,24+,25+/m0/s1. The summed E-state index contributed by atoms with van der Waals surface area (Å²) in [4.78, 5) is 41.0. The minimum absolute atomic E-state index is 0.0530. The zero-order chi connectivity index (χ0) is 25.9. The van der Waals surface area contributed by atoms with Gasteiger partial charge in [-0.05, 0) is 66.5 Å². The normalized spacial score (nSPS) is 26.5. The van der Waals surface area contributed by atoms with Crippen molar-refractivity contribution < 1.29 is 27.6 Å². The van der Waals surface area contributed by atoms with Crippen molar-refractivity contribution in [2.45, 2.75) is 24.9 Å². The van der Waals surface area contributed by atoms with Gasteiger partial charge in [-0.25, -0.2) is 0 Å². The molecule has 1 heterocycles. The number of hydrogen-bond acceptors (Lipinski definition) is 3. The highest BCUT2D eigenvalue weighted by atomic mass is 19.4. The van der Waals surface area contributed by atoms with Gasteiger partial charge in [0, 0.05) is 5.56 Å². The summed E-state index contributed by atoms with van der Waals surface area (Å²) in [5.41, 5.74) is 0.177. The highest BCUT2D eigenvalue weighted by Crippen LogP contribution is 2.61. The summed E-state index contributed by atoms with van der Waals surface area (Å²) in [5, 5.41) is 2.31. The molecule has 0 aromatic heterocycles. The lowest BCUT2D eigenvalue weighted by Gasteiger charge is -2.28. The lowest BCUT2D eigenvalue weighted by Crippen LogP contribution is -2.33. The van der Waals surface area contributed by atoms with Crippen molar-refractivity contribution in [2.24, 2.45) is 23.7 Å². The minimum atomic E-state index is -4.63. The molecule has 6 rings (SSSR count). The Labute approximate surface area is 211 Å². The summed E-state index contributed by atoms with van der Waals surface area (Å²) in [6.07, 6.45) is -2.92. The molecule has 3 aliphatic rings. The lowest BCUT2D eigenvalue weighted by atomic mass is 9.73. The molecule has 1 N–H and O–H groups in total. The van der Waals surface area contributed by atoms with Gasteiger partial charge in [0.15, 0.2) is 0 Å². The number of anilines is 2. The fourth-order valence-electron chi connectivity index (χ4n) is 6.62. The number of carbonyl (C=O) groups is 3. The molecule has 0 spiro atoms. The van der Waals surface area contributed by atoms with Crippen molar-refractivity contribution in [1.29, 1.82) is 0 Å². The number of hydrogen-bond donors (Lipinski definition) is 1. The minimum Gasteiger partial charge on any atom is -0.321 e. The van der Waals surface area contributed by atoms with Gasteiger partial charge in [-0.15, -0.1) is 0 Å². The van der Waals surface area contributed by atoms with E-state index in [0.29, 0.717) is 0 Å². The third-order valence-electron chi connectivity index (χ3n) is 8.09. The number of nitrogens with one attached hydrogen (secondary N) is 1. The van der Waals surface area contributed by atoms with Gasteiger partial charge < -0.3 is 5.32 Å². The molecule has 3 aromatic rings. The van der Waals surface area contributed by atoms with Crippen LogP contribution in [0.4, 0.5) is 24.5 Å². The van der Waals surface area contributed by atoms with Crippen molar-refractivity contribution in [2.75, 3.05) is 10.2 Å². The van der Waals surface area contributed by atoms with Crippen molar-refractivity contribution >= 4 is 29.1 Å². The number of amides is 3. The average Bonchev–Trinajstić information content (AvgIpc) is 3.55. The van der Waals surface area contributed by atoms with Crippen LogP contribution in [-0.2, 0) is 15.8 Å². The monoisotopic (exact) mass is 504 g/mol. The summed E-state index contributed by atoms with van der Waals surface area (Å²) in [6.45, 7) is 0. The van der Waals surface area contributed by atoms with Gasteiger partial charge in [0.25, 0.3) is 5.91 Å². The number of halogens is 3. The molecular weight excluding hydrogens is 481 g/mol. The fourth-order valence-corrected chi connectivity index (χ4v) is 6.62. The maximum absolute atomic E-state index is 13.6. The third-order valence-corrected chi connectivity index (χ3v) is 8.09. The van der Waals surface area contributed by atoms with E-state index < -0.39 is 23.6 Å². The predicted molar refractivity (Wildman–Crippen MR) is 131 cm³/mol. The van der Waals surface area contributed by atoms with Gasteiger partial charge in [0.05, 0.1) is 28.8 Å². The zero-order valence-corrected chi connectivity index (χ0v) is 19.6. The Balaban J connectivity index is 1.25. The molecule has 2 bridgehead atoms. The second kappa shape index (κ2) is 8.57. The second-order valence-electron chi connectivity index (χ2n) is 10.0. The number of nitrogens with zero attached hydrogens (tertiary/aromatic N) is 1. The second-order valence-corrected chi connectivity index (χ2v) is 10.0. The molecule has 0 radical (unpaired) electrons. The van der Waals surface area contributed by atoms with E-state index in [1.54, 1.807) is 6.07 Å². The molecule has 1 saturated heterocycles. The molecule has 2 aliphatic carbocycles. The van der Waals surface area contributed by atoms with E-state index in [2.05, 4.69) is 17.4 Å². The van der Waals surface area contributed by atoms with Crippen LogP contribution >= 0.6 is 0 Å². The lowest BCUT2D eigenvalue weighted by molar-refractivity contribution is -0.137. The van der Waals surface area contributed by atoms with Gasteiger partial charge >= 0.3 is 6.18 Å². The summed E-state index contributed by atoms with van der Waals surface area (Å²) in [6, 6.07) is 20.7. The van der Waals surface area contributed by atoms with E-state index in [9.17, 15) is 27.6 Å². The van der Waals surface area contributed by atoms with Crippen molar-refractivity contribution in [3.05, 3.63) is 95.6 Å². The molecule has 5 nitrogen and oxygen atoms in total. The first-order chi connectivity index (χ1) is 17.7. The number of carbonyl (C=O) groups excluding carboxylic acids is 3. The molecular formula is C29H23F3N2O3. The topological polar surface area (TPSA) is 66.5 Å². The quantitative estimate of drug-likeness (QED) is 0.451. The Hall–Kier alpha value is -3.94. The molecule has 3 amide bonds.